The number of hydrogen-bond donors (Lipinski definition) is 0. The Morgan fingerprint density at radius 2 is 0.830 bits per heavy atom. The van der Waals surface area contributed by atoms with E-state index in [-0.39, 0.29) is 58.9 Å². The molecule has 4 aromatic heterocycles. The monoisotopic (exact) mass is 1460 g/mol. The molecule has 0 spiro atoms. The summed E-state index contributed by atoms with van der Waals surface area (Å²) in [5, 5.41) is 6.90. The molecule has 0 aliphatic carbocycles. The zero-order chi connectivity index (χ0) is 79.9. The molecular formula is C105H75BN2O3S. The van der Waals surface area contributed by atoms with Crippen LogP contribution in [0.2, 0.25) is 0 Å². The minimum atomic E-state index is -0.510. The van der Waals surface area contributed by atoms with Gasteiger partial charge in [-0.1, -0.05) is 307 Å². The van der Waals surface area contributed by atoms with Crippen molar-refractivity contribution in [3.63, 3.8) is 0 Å². The maximum atomic E-state index is 9.95. The van der Waals surface area contributed by atoms with Crippen molar-refractivity contribution in [1.82, 2.24) is 4.57 Å². The van der Waals surface area contributed by atoms with Gasteiger partial charge in [-0.2, -0.15) is 0 Å². The Morgan fingerprint density at radius 1 is 0.339 bits per heavy atom. The first-order chi connectivity index (χ1) is 57.5. The Labute approximate surface area is 663 Å². The molecule has 112 heavy (non-hydrogen) atoms. The Bertz CT molecular complexity index is 7470. The predicted molar refractivity (Wildman–Crippen MR) is 473 cm³/mol. The molecule has 16 aromatic carbocycles. The molecule has 0 saturated heterocycles. The summed E-state index contributed by atoms with van der Waals surface area (Å²) in [5.41, 5.74) is 29.5. The fraction of sp³-hybridized carbons (Fsp3) is 0.0857. The molecule has 0 bridgehead atoms. The van der Waals surface area contributed by atoms with Crippen molar-refractivity contribution in [2.75, 3.05) is 4.90 Å². The molecule has 532 valence electrons. The highest BCUT2D eigenvalue weighted by atomic mass is 32.2. The van der Waals surface area contributed by atoms with Gasteiger partial charge in [0.25, 0.3) is 0 Å². The normalized spacial score (nSPS) is 13.5. The number of furan rings is 3. The lowest BCUT2D eigenvalue weighted by Gasteiger charge is -2.42. The average molecular weight is 1460 g/mol. The number of anilines is 3. The maximum Gasteiger partial charge on any atom is 0.249 e. The molecule has 7 heteroatoms. The molecule has 0 atom stereocenters. The van der Waals surface area contributed by atoms with Crippen LogP contribution < -0.4 is 21.3 Å². The Hall–Kier alpha value is -13.1. The van der Waals surface area contributed by atoms with E-state index >= 15 is 0 Å². The zero-order valence-corrected chi connectivity index (χ0v) is 63.4. The first kappa shape index (κ1) is 59.8. The van der Waals surface area contributed by atoms with E-state index in [4.69, 9.17) is 14.6 Å². The largest absolute Gasteiger partial charge is 0.455 e. The van der Waals surface area contributed by atoms with Gasteiger partial charge in [0.1, 0.15) is 33.5 Å². The number of nitrogens with zero attached hydrogens (tertiary/aromatic N) is 2. The van der Waals surface area contributed by atoms with Crippen LogP contribution in [-0.2, 0) is 0 Å². The van der Waals surface area contributed by atoms with Crippen LogP contribution in [0.5, 0.6) is 0 Å². The summed E-state index contributed by atoms with van der Waals surface area (Å²) in [5.74, 6) is 0.536. The molecule has 0 amide bonds. The zero-order valence-electron chi connectivity index (χ0n) is 68.5. The van der Waals surface area contributed by atoms with Gasteiger partial charge in [-0.3, -0.25) is 0 Å². The Morgan fingerprint density at radius 3 is 1.42 bits per heavy atom. The second-order valence-electron chi connectivity index (χ2n) is 31.0. The van der Waals surface area contributed by atoms with E-state index in [1.807, 2.05) is 46.7 Å². The molecule has 0 radical (unpaired) electrons. The number of aromatic nitrogens is 1. The van der Waals surface area contributed by atoms with E-state index in [9.17, 15) is 6.85 Å². The van der Waals surface area contributed by atoms with E-state index in [0.717, 1.165) is 181 Å². The fourth-order valence-electron chi connectivity index (χ4n) is 18.3. The highest BCUT2D eigenvalue weighted by molar-refractivity contribution is 8.00. The Kier molecular flexibility index (Phi) is 13.8. The molecule has 5 nitrogen and oxygen atoms in total. The number of rotatable bonds is 12. The summed E-state index contributed by atoms with van der Waals surface area (Å²) < 4.78 is 80.4. The van der Waals surface area contributed by atoms with Crippen molar-refractivity contribution in [1.29, 1.82) is 0 Å². The molecule has 0 saturated carbocycles. The lowest BCUT2D eigenvalue weighted by Crippen LogP contribution is -2.60. The van der Waals surface area contributed by atoms with Gasteiger partial charge in [-0.25, -0.2) is 0 Å². The van der Waals surface area contributed by atoms with E-state index in [0.29, 0.717) is 16.6 Å². The second-order valence-corrected chi connectivity index (χ2v) is 32.1. The van der Waals surface area contributed by atoms with Crippen molar-refractivity contribution in [2.24, 2.45) is 0 Å². The van der Waals surface area contributed by atoms with Crippen molar-refractivity contribution < 1.29 is 21.5 Å². The quantitative estimate of drug-likeness (QED) is 0.114. The van der Waals surface area contributed by atoms with Crippen molar-refractivity contribution >= 4 is 140 Å². The minimum Gasteiger partial charge on any atom is -0.455 e. The summed E-state index contributed by atoms with van der Waals surface area (Å²) in [7, 11) is 0. The first-order valence-electron chi connectivity index (χ1n) is 41.8. The summed E-state index contributed by atoms with van der Waals surface area (Å²) >= 11 is 1.82. The molecular weight excluding hydrogens is 1380 g/mol. The second kappa shape index (κ2) is 25.8. The van der Waals surface area contributed by atoms with E-state index < -0.39 is 12.8 Å². The van der Waals surface area contributed by atoms with Gasteiger partial charge in [0.15, 0.2) is 0 Å². The molecule has 0 unspecified atom stereocenters. The van der Waals surface area contributed by atoms with Crippen molar-refractivity contribution in [3.05, 3.63) is 344 Å². The van der Waals surface area contributed by atoms with Gasteiger partial charge < -0.3 is 22.7 Å². The van der Waals surface area contributed by atoms with E-state index in [2.05, 4.69) is 295 Å². The van der Waals surface area contributed by atoms with E-state index in [1.165, 1.54) is 22.3 Å². The highest BCUT2D eigenvalue weighted by Gasteiger charge is 2.44. The standard InChI is InChI=1S/C105H75BN2O3S/c1-61(2)66-54-86(62(3)4)99(87(55-66)63(5)6)71-58-94-100-98(59-71)112-105-88(85-43-26-42-84-81-35-17-22-48-97(81)111-104(84)85)56-68(67-51-69(75-38-24-40-82-79-33-15-20-46-95(79)109-102(75)82)53-70(52-67)76-39-25-41-83-80-34-16-21-47-96(80)110-103(76)83)57-90(105)106(100)89-50-49-72(107-91-44-18-13-31-77(91)78-32-14-19-45-92(78)107)60-93(89)108(94)101-73(64-27-9-7-10-28-64)36-23-37-74(101)65-29-11-8-12-30-65/h7-63H,1-6H3/i13D,18D,19D,31D,44D,45D. The average Bonchev–Trinajstić information content (AvgIpc) is 1.14. The van der Waals surface area contributed by atoms with Gasteiger partial charge in [0.2, 0.25) is 6.71 Å². The predicted octanol–water partition coefficient (Wildman–Crippen LogP) is 28.3. The number of para-hydroxylation sites is 9. The van der Waals surface area contributed by atoms with Crippen LogP contribution in [0.25, 0.3) is 171 Å². The lowest BCUT2D eigenvalue weighted by atomic mass is 9.34. The van der Waals surface area contributed by atoms with Crippen LogP contribution in [0.15, 0.2) is 350 Å². The molecule has 2 aliphatic rings. The summed E-state index contributed by atoms with van der Waals surface area (Å²) in [6.07, 6.45) is 0. The first-order valence-corrected chi connectivity index (χ1v) is 39.6. The number of benzene rings is 16. The molecule has 0 fully saturated rings. The topological polar surface area (TPSA) is 47.6 Å². The van der Waals surface area contributed by atoms with Crippen LogP contribution >= 0.6 is 11.8 Å². The van der Waals surface area contributed by atoms with Gasteiger partial charge in [0, 0.05) is 97.8 Å². The van der Waals surface area contributed by atoms with Crippen molar-refractivity contribution in [3.8, 4) is 83.6 Å². The third kappa shape index (κ3) is 10.3. The minimum absolute atomic E-state index is 0.0373. The molecule has 6 heterocycles. The smallest absolute Gasteiger partial charge is 0.249 e. The van der Waals surface area contributed by atoms with Crippen LogP contribution in [0.1, 0.15) is 84.2 Å². The molecule has 0 N–H and O–H groups in total. The van der Waals surface area contributed by atoms with E-state index in [1.54, 1.807) is 12.1 Å². The summed E-state index contributed by atoms with van der Waals surface area (Å²) in [6, 6.07) is 102. The number of hydrogen-bond acceptors (Lipinski definition) is 5. The van der Waals surface area contributed by atoms with Gasteiger partial charge >= 0.3 is 0 Å². The third-order valence-electron chi connectivity index (χ3n) is 23.5. The lowest BCUT2D eigenvalue weighted by molar-refractivity contribution is 0.669. The molecule has 20 aromatic rings. The van der Waals surface area contributed by atoms with Crippen LogP contribution in [0, 0.1) is 0 Å². The van der Waals surface area contributed by atoms with Gasteiger partial charge in [-0.15, -0.1) is 0 Å². The summed E-state index contributed by atoms with van der Waals surface area (Å²) in [6.45, 7) is 13.4. The fourth-order valence-corrected chi connectivity index (χ4v) is 19.6. The maximum absolute atomic E-state index is 9.95. The summed E-state index contributed by atoms with van der Waals surface area (Å²) in [4.78, 5) is 4.66. The van der Waals surface area contributed by atoms with Gasteiger partial charge in [-0.05, 0) is 174 Å². The van der Waals surface area contributed by atoms with Crippen LogP contribution in [0.3, 0.4) is 0 Å². The van der Waals surface area contributed by atoms with Crippen LogP contribution in [0.4, 0.5) is 17.1 Å². The number of fused-ring (bicyclic) bond motifs is 16. The highest BCUT2D eigenvalue weighted by Crippen LogP contribution is 2.55. The van der Waals surface area contributed by atoms with Crippen LogP contribution in [-0.4, -0.2) is 11.3 Å². The molecule has 22 rings (SSSR count). The SMILES string of the molecule is [2H]c1ccc2c3c([2H])c([2H])c([2H])c([2H])c3n(-c3ccc4c(c3)N(c3c(-c5ccccc5)cccc3-c3ccccc3)c3cc(-c5c(C(C)C)cc(C(C)C)cc5C(C)C)cc5c3B4c3cc(-c4cc(-c6cccc7c6oc6ccccc67)cc(-c6cccc7c6oc6ccccc67)c4)cc(-c4cccc6c4oc4ccccc46)c3S5)c2c1[2H]. The van der Waals surface area contributed by atoms with Crippen molar-refractivity contribution in [2.45, 2.75) is 69.1 Å². The third-order valence-corrected chi connectivity index (χ3v) is 24.7. The Balaban J connectivity index is 0.907. The molecule has 2 aliphatic heterocycles. The van der Waals surface area contributed by atoms with Gasteiger partial charge in [0.05, 0.1) is 24.9 Å².